The van der Waals surface area contributed by atoms with Gasteiger partial charge in [-0.3, -0.25) is 0 Å². The van der Waals surface area contributed by atoms with Crippen molar-refractivity contribution in [2.45, 2.75) is 37.1 Å². The first kappa shape index (κ1) is 8.43. The Morgan fingerprint density at radius 1 is 1.15 bits per heavy atom. The van der Waals surface area contributed by atoms with Gasteiger partial charge >= 0.3 is 0 Å². The maximum atomic E-state index is 9.91. The number of ether oxygens (including phenoxy) is 2. The molecule has 1 aliphatic rings. The quantitative estimate of drug-likeness (QED) is 0.558. The third-order valence-electron chi connectivity index (χ3n) is 2.82. The van der Waals surface area contributed by atoms with E-state index >= 15 is 0 Å². The summed E-state index contributed by atoms with van der Waals surface area (Å²) in [5, 5.41) is 38.5. The van der Waals surface area contributed by atoms with E-state index in [0.717, 1.165) is 0 Å². The van der Waals surface area contributed by atoms with E-state index < -0.39 is 86.1 Å². The van der Waals surface area contributed by atoms with E-state index in [9.17, 15) is 15.3 Å². The molecule has 0 saturated carbocycles. The van der Waals surface area contributed by atoms with Crippen molar-refractivity contribution in [1.82, 2.24) is 0 Å². The van der Waals surface area contributed by atoms with Crippen LogP contribution in [0.2, 0.25) is 0 Å². The highest BCUT2D eigenvalue weighted by molar-refractivity contribution is 5.14. The van der Waals surface area contributed by atoms with Gasteiger partial charge < -0.3 is 29.9 Å². The van der Waals surface area contributed by atoms with Crippen LogP contribution >= 0.6 is 0 Å². The van der Waals surface area contributed by atoms with Gasteiger partial charge in [-0.05, 0) is 12.0 Å². The van der Waals surface area contributed by atoms with Crippen LogP contribution in [0.5, 0.6) is 0 Å². The second-order valence-electron chi connectivity index (χ2n) is 4.17. The van der Waals surface area contributed by atoms with Gasteiger partial charge in [0.15, 0.2) is 6.29 Å². The summed E-state index contributed by atoms with van der Waals surface area (Å²) in [6, 6.07) is -3.28. The molecule has 0 radical (unpaired) electrons. The van der Waals surface area contributed by atoms with Gasteiger partial charge in [-0.25, -0.2) is 0 Å². The van der Waals surface area contributed by atoms with Gasteiger partial charge in [0.2, 0.25) is 0 Å². The number of aliphatic hydroxyl groups excluding tert-OH is 4. The van der Waals surface area contributed by atoms with Crippen molar-refractivity contribution in [2.75, 3.05) is 13.2 Å². The summed E-state index contributed by atoms with van der Waals surface area (Å²) in [6.07, 6.45) is -9.86. The van der Waals surface area contributed by atoms with Gasteiger partial charge in [0.25, 0.3) is 0 Å². The SMILES string of the molecule is [2H]c1c([2H])c([2H])c(C([2H])C([2H])O[C@@H]2O[C@H](CO)[C@@H](O)[C@H](O)[C@H]2O)c([2H])c1[2H]. The zero-order chi connectivity index (χ0) is 20.6. The molecule has 0 amide bonds. The first-order valence-electron chi connectivity index (χ1n) is 9.55. The summed E-state index contributed by atoms with van der Waals surface area (Å²) in [4.78, 5) is 0. The molecular formula is C14H20O6. The van der Waals surface area contributed by atoms with Crippen LogP contribution in [0.4, 0.5) is 0 Å². The Kier molecular flexibility index (Phi) is 3.00. The van der Waals surface area contributed by atoms with Crippen LogP contribution in [-0.2, 0) is 15.9 Å². The lowest BCUT2D eigenvalue weighted by Crippen LogP contribution is -2.59. The second kappa shape index (κ2) is 7.12. The Morgan fingerprint density at radius 2 is 1.85 bits per heavy atom. The van der Waals surface area contributed by atoms with Crippen molar-refractivity contribution >= 4 is 0 Å². The molecule has 2 unspecified atom stereocenters. The Hall–Kier alpha value is -1.02. The van der Waals surface area contributed by atoms with Crippen molar-refractivity contribution in [3.63, 3.8) is 0 Å². The van der Waals surface area contributed by atoms with E-state index in [0.29, 0.717) is 0 Å². The maximum Gasteiger partial charge on any atom is 0.186 e. The van der Waals surface area contributed by atoms with E-state index in [1.54, 1.807) is 0 Å². The highest BCUT2D eigenvalue weighted by Gasteiger charge is 2.43. The molecule has 0 spiro atoms. The number of hydrogen-bond donors (Lipinski definition) is 4. The lowest BCUT2D eigenvalue weighted by Gasteiger charge is -2.39. The summed E-state index contributed by atoms with van der Waals surface area (Å²) in [5.74, 6) is 0. The van der Waals surface area contributed by atoms with E-state index in [-0.39, 0.29) is 0 Å². The highest BCUT2D eigenvalue weighted by Crippen LogP contribution is 2.22. The predicted molar refractivity (Wildman–Crippen MR) is 69.9 cm³/mol. The van der Waals surface area contributed by atoms with Crippen LogP contribution < -0.4 is 0 Å². The summed E-state index contributed by atoms with van der Waals surface area (Å²) < 4.78 is 64.5. The number of aliphatic hydroxyl groups is 4. The van der Waals surface area contributed by atoms with Gasteiger partial charge in [-0.1, -0.05) is 30.2 Å². The molecule has 6 heteroatoms. The van der Waals surface area contributed by atoms with Crippen LogP contribution in [0.3, 0.4) is 0 Å². The Labute approximate surface area is 127 Å². The summed E-state index contributed by atoms with van der Waals surface area (Å²) in [6.45, 7) is -2.57. The van der Waals surface area contributed by atoms with E-state index in [1.807, 2.05) is 0 Å². The molecule has 0 bridgehead atoms. The third-order valence-corrected chi connectivity index (χ3v) is 2.82. The Bertz CT molecular complexity index is 661. The van der Waals surface area contributed by atoms with Crippen LogP contribution in [-0.4, -0.2) is 64.3 Å². The molecule has 1 fully saturated rings. The van der Waals surface area contributed by atoms with E-state index in [1.165, 1.54) is 0 Å². The maximum absolute atomic E-state index is 9.91. The van der Waals surface area contributed by atoms with Crippen LogP contribution in [0, 0.1) is 0 Å². The zero-order valence-electron chi connectivity index (χ0n) is 17.4. The fourth-order valence-corrected chi connectivity index (χ4v) is 1.71. The molecule has 1 aliphatic heterocycles. The molecule has 20 heavy (non-hydrogen) atoms. The molecule has 0 aromatic heterocycles. The minimum atomic E-state index is -1.87. The topological polar surface area (TPSA) is 99.4 Å². The predicted octanol–water partition coefficient (Wildman–Crippen LogP) is -0.954. The molecule has 4 N–H and O–H groups in total. The molecular weight excluding hydrogens is 264 g/mol. The lowest BCUT2D eigenvalue weighted by atomic mass is 9.99. The minimum absolute atomic E-state index is 0.467. The van der Waals surface area contributed by atoms with Gasteiger partial charge in [-0.2, -0.15) is 0 Å². The molecule has 2 rings (SSSR count). The van der Waals surface area contributed by atoms with Crippen molar-refractivity contribution in [3.05, 3.63) is 35.8 Å². The smallest absolute Gasteiger partial charge is 0.186 e. The molecule has 0 aliphatic carbocycles. The lowest BCUT2D eigenvalue weighted by molar-refractivity contribution is -0.300. The number of hydrogen-bond acceptors (Lipinski definition) is 6. The van der Waals surface area contributed by atoms with Gasteiger partial charge in [0.1, 0.15) is 24.4 Å². The average molecular weight is 291 g/mol. The monoisotopic (exact) mass is 291 g/mol. The summed E-state index contributed by atoms with van der Waals surface area (Å²) >= 11 is 0. The van der Waals surface area contributed by atoms with Crippen LogP contribution in [0.25, 0.3) is 0 Å². The summed E-state index contributed by atoms with van der Waals surface area (Å²) in [7, 11) is 0. The normalized spacial score (nSPS) is 42.2. The largest absolute Gasteiger partial charge is 0.394 e. The standard InChI is InChI=1S/C14H20O6/c15-8-10-11(16)12(17)13(18)14(20-10)19-7-6-9-4-2-1-3-5-9/h1-5,10-18H,6-8H2/t10-,11-,12+,13-,14-/m1/s1/i1D,2D,3D,4D,5D,6D,7D/t6?,7?,10-,11-,12+,13-,14-. The average Bonchev–Trinajstić information content (AvgIpc) is 2.65. The molecule has 1 aromatic carbocycles. The molecule has 112 valence electrons. The van der Waals surface area contributed by atoms with Crippen molar-refractivity contribution in [3.8, 4) is 0 Å². The van der Waals surface area contributed by atoms with Crippen LogP contribution in [0.1, 0.15) is 15.2 Å². The first-order valence-corrected chi connectivity index (χ1v) is 5.90. The zero-order valence-corrected chi connectivity index (χ0v) is 10.4. The molecule has 6 nitrogen and oxygen atoms in total. The Balaban J connectivity index is 2.25. The molecule has 1 aromatic rings. The van der Waals surface area contributed by atoms with Gasteiger partial charge in [0, 0.05) is 1.37 Å². The second-order valence-corrected chi connectivity index (χ2v) is 4.17. The van der Waals surface area contributed by atoms with E-state index in [4.69, 9.17) is 24.2 Å². The highest BCUT2D eigenvalue weighted by atomic mass is 16.7. The molecule has 1 heterocycles. The van der Waals surface area contributed by atoms with E-state index in [2.05, 4.69) is 0 Å². The van der Waals surface area contributed by atoms with Gasteiger partial charge in [0.05, 0.1) is 21.4 Å². The fourth-order valence-electron chi connectivity index (χ4n) is 1.71. The number of rotatable bonds is 5. The summed E-state index contributed by atoms with van der Waals surface area (Å²) in [5.41, 5.74) is -0.467. The Morgan fingerprint density at radius 3 is 2.50 bits per heavy atom. The molecule has 7 atom stereocenters. The van der Waals surface area contributed by atoms with Crippen molar-refractivity contribution in [1.29, 1.82) is 0 Å². The van der Waals surface area contributed by atoms with Crippen molar-refractivity contribution in [2.24, 2.45) is 0 Å². The van der Waals surface area contributed by atoms with Crippen LogP contribution in [0.15, 0.2) is 30.2 Å². The van der Waals surface area contributed by atoms with Crippen molar-refractivity contribution < 1.29 is 39.5 Å². The molecule has 1 saturated heterocycles. The first-order chi connectivity index (χ1) is 12.5. The van der Waals surface area contributed by atoms with Gasteiger partial charge in [-0.15, -0.1) is 0 Å². The number of benzene rings is 1. The minimum Gasteiger partial charge on any atom is -0.394 e. The fraction of sp³-hybridized carbons (Fsp3) is 0.571. The third kappa shape index (κ3) is 3.54.